The second kappa shape index (κ2) is 8.14. The van der Waals surface area contributed by atoms with E-state index in [1.807, 2.05) is 62.4 Å². The van der Waals surface area contributed by atoms with Gasteiger partial charge in [-0.25, -0.2) is 0 Å². The Bertz CT molecular complexity index is 637. The first kappa shape index (κ1) is 17.5. The molecule has 0 saturated carbocycles. The molecule has 2 aromatic rings. The third kappa shape index (κ3) is 5.08. The van der Waals surface area contributed by atoms with Crippen LogP contribution in [0.4, 0.5) is 5.69 Å². The van der Waals surface area contributed by atoms with Gasteiger partial charge in [-0.3, -0.25) is 10.1 Å². The number of rotatable bonds is 6. The summed E-state index contributed by atoms with van der Waals surface area (Å²) in [4.78, 5) is 12.3. The molecule has 0 fully saturated rings. The first-order valence-electron chi connectivity index (χ1n) is 7.91. The smallest absolute Gasteiger partial charge is 0.241 e. The fraction of sp³-hybridized carbons (Fsp3) is 0.316. The summed E-state index contributed by atoms with van der Waals surface area (Å²) in [5, 5.41) is 6.95. The van der Waals surface area contributed by atoms with Crippen molar-refractivity contribution in [2.45, 2.75) is 39.3 Å². The van der Waals surface area contributed by atoms with E-state index in [2.05, 4.69) is 17.6 Å². The largest absolute Gasteiger partial charge is 0.325 e. The van der Waals surface area contributed by atoms with Gasteiger partial charge in [0.2, 0.25) is 5.91 Å². The number of aryl methyl sites for hydroxylation is 1. The molecule has 0 aliphatic rings. The number of hydrogen-bond acceptors (Lipinski definition) is 2. The van der Waals surface area contributed by atoms with Crippen LogP contribution in [0.3, 0.4) is 0 Å². The monoisotopic (exact) mass is 330 g/mol. The minimum absolute atomic E-state index is 0.0462. The van der Waals surface area contributed by atoms with E-state index in [9.17, 15) is 4.79 Å². The molecule has 0 bridgehead atoms. The number of carbonyl (C=O) groups is 1. The highest BCUT2D eigenvalue weighted by molar-refractivity contribution is 6.30. The average molecular weight is 331 g/mol. The van der Waals surface area contributed by atoms with Gasteiger partial charge in [0.1, 0.15) is 0 Å². The Labute approximate surface area is 143 Å². The molecule has 122 valence electrons. The maximum Gasteiger partial charge on any atom is 0.241 e. The molecule has 0 spiro atoms. The topological polar surface area (TPSA) is 41.1 Å². The lowest BCUT2D eigenvalue weighted by Gasteiger charge is -2.20. The highest BCUT2D eigenvalue weighted by Crippen LogP contribution is 2.17. The van der Waals surface area contributed by atoms with E-state index in [0.29, 0.717) is 5.02 Å². The second-order valence-electron chi connectivity index (χ2n) is 5.70. The molecule has 0 aromatic heterocycles. The first-order valence-corrected chi connectivity index (χ1v) is 8.28. The lowest BCUT2D eigenvalue weighted by atomic mass is 10.1. The van der Waals surface area contributed by atoms with Crippen LogP contribution in [0.5, 0.6) is 0 Å². The van der Waals surface area contributed by atoms with Crippen molar-refractivity contribution in [3.63, 3.8) is 0 Å². The molecule has 2 rings (SSSR count). The fourth-order valence-corrected chi connectivity index (χ4v) is 2.50. The van der Waals surface area contributed by atoms with E-state index in [4.69, 9.17) is 11.6 Å². The van der Waals surface area contributed by atoms with Gasteiger partial charge >= 0.3 is 0 Å². The van der Waals surface area contributed by atoms with Crippen LogP contribution in [-0.4, -0.2) is 11.9 Å². The molecule has 1 amide bonds. The van der Waals surface area contributed by atoms with Crippen LogP contribution in [0.15, 0.2) is 48.5 Å². The molecular formula is C19H23ClN2O. The van der Waals surface area contributed by atoms with Crippen LogP contribution in [0.25, 0.3) is 0 Å². The van der Waals surface area contributed by atoms with Crippen LogP contribution in [-0.2, 0) is 11.2 Å². The number of carbonyl (C=O) groups excluding carboxylic acids is 1. The van der Waals surface area contributed by atoms with Gasteiger partial charge in [-0.15, -0.1) is 0 Å². The number of nitrogens with one attached hydrogen (secondary N) is 2. The van der Waals surface area contributed by atoms with Crippen molar-refractivity contribution in [1.29, 1.82) is 0 Å². The average Bonchev–Trinajstić information content (AvgIpc) is 2.56. The number of benzene rings is 2. The maximum absolute atomic E-state index is 12.3. The van der Waals surface area contributed by atoms with Crippen LogP contribution in [0.2, 0.25) is 5.02 Å². The standard InChI is InChI=1S/C19H23ClN2O/c1-4-15-5-11-18(12-6-15)22-19(23)14(3)21-13(2)16-7-9-17(20)10-8-16/h5-14,21H,4H2,1-3H3,(H,22,23)/t13-,14+/m1/s1. The summed E-state index contributed by atoms with van der Waals surface area (Å²) < 4.78 is 0. The Morgan fingerprint density at radius 2 is 1.65 bits per heavy atom. The lowest BCUT2D eigenvalue weighted by molar-refractivity contribution is -0.117. The third-order valence-electron chi connectivity index (χ3n) is 3.89. The quantitative estimate of drug-likeness (QED) is 0.814. The molecule has 0 radical (unpaired) electrons. The minimum atomic E-state index is -0.300. The van der Waals surface area contributed by atoms with E-state index in [1.165, 1.54) is 5.56 Å². The fourth-order valence-electron chi connectivity index (χ4n) is 2.37. The zero-order valence-electron chi connectivity index (χ0n) is 13.8. The van der Waals surface area contributed by atoms with Crippen molar-refractivity contribution >= 4 is 23.2 Å². The Morgan fingerprint density at radius 1 is 1.04 bits per heavy atom. The molecule has 0 aliphatic carbocycles. The van der Waals surface area contributed by atoms with Crippen molar-refractivity contribution in [2.75, 3.05) is 5.32 Å². The van der Waals surface area contributed by atoms with Gasteiger partial charge in [0.25, 0.3) is 0 Å². The predicted octanol–water partition coefficient (Wildman–Crippen LogP) is 4.58. The van der Waals surface area contributed by atoms with Gasteiger partial charge in [-0.2, -0.15) is 0 Å². The molecule has 2 atom stereocenters. The molecule has 2 N–H and O–H groups in total. The minimum Gasteiger partial charge on any atom is -0.325 e. The number of anilines is 1. The number of amides is 1. The van der Waals surface area contributed by atoms with E-state index in [0.717, 1.165) is 17.7 Å². The van der Waals surface area contributed by atoms with Gasteiger partial charge in [0.15, 0.2) is 0 Å². The van der Waals surface area contributed by atoms with Crippen molar-refractivity contribution < 1.29 is 4.79 Å². The Morgan fingerprint density at radius 3 is 2.22 bits per heavy atom. The molecular weight excluding hydrogens is 308 g/mol. The SMILES string of the molecule is CCc1ccc(NC(=O)[C@H](C)N[C@H](C)c2ccc(Cl)cc2)cc1. The summed E-state index contributed by atoms with van der Waals surface area (Å²) in [7, 11) is 0. The van der Waals surface area contributed by atoms with Crippen molar-refractivity contribution in [3.05, 3.63) is 64.7 Å². The van der Waals surface area contributed by atoms with Gasteiger partial charge in [-0.05, 0) is 55.7 Å². The molecule has 4 heteroatoms. The molecule has 2 aromatic carbocycles. The van der Waals surface area contributed by atoms with Gasteiger partial charge in [0, 0.05) is 16.8 Å². The normalized spacial score (nSPS) is 13.4. The summed E-state index contributed by atoms with van der Waals surface area (Å²) in [5.41, 5.74) is 3.17. The summed E-state index contributed by atoms with van der Waals surface area (Å²) >= 11 is 5.90. The highest BCUT2D eigenvalue weighted by Gasteiger charge is 2.16. The van der Waals surface area contributed by atoms with Crippen LogP contribution in [0, 0.1) is 0 Å². The molecule has 0 saturated heterocycles. The summed E-state index contributed by atoms with van der Waals surface area (Å²) in [6.07, 6.45) is 0.991. The Hall–Kier alpha value is -1.84. The van der Waals surface area contributed by atoms with Crippen molar-refractivity contribution in [3.8, 4) is 0 Å². The summed E-state index contributed by atoms with van der Waals surface area (Å²) in [6.45, 7) is 6.00. The van der Waals surface area contributed by atoms with E-state index in [-0.39, 0.29) is 18.0 Å². The van der Waals surface area contributed by atoms with Gasteiger partial charge < -0.3 is 5.32 Å². The van der Waals surface area contributed by atoms with Crippen LogP contribution >= 0.6 is 11.6 Å². The third-order valence-corrected chi connectivity index (χ3v) is 4.14. The maximum atomic E-state index is 12.3. The summed E-state index contributed by atoms with van der Waals surface area (Å²) in [5.74, 6) is -0.0462. The second-order valence-corrected chi connectivity index (χ2v) is 6.14. The molecule has 3 nitrogen and oxygen atoms in total. The van der Waals surface area contributed by atoms with Gasteiger partial charge in [-0.1, -0.05) is 42.8 Å². The van der Waals surface area contributed by atoms with E-state index in [1.54, 1.807) is 0 Å². The highest BCUT2D eigenvalue weighted by atomic mass is 35.5. The number of halogens is 1. The Balaban J connectivity index is 1.92. The Kier molecular flexibility index (Phi) is 6.20. The van der Waals surface area contributed by atoms with E-state index < -0.39 is 0 Å². The van der Waals surface area contributed by atoms with Crippen molar-refractivity contribution in [1.82, 2.24) is 5.32 Å². The summed E-state index contributed by atoms with van der Waals surface area (Å²) in [6, 6.07) is 15.3. The zero-order valence-corrected chi connectivity index (χ0v) is 14.5. The lowest BCUT2D eigenvalue weighted by Crippen LogP contribution is -2.39. The zero-order chi connectivity index (χ0) is 16.8. The molecule has 0 aliphatic heterocycles. The molecule has 0 unspecified atom stereocenters. The van der Waals surface area contributed by atoms with Crippen molar-refractivity contribution in [2.24, 2.45) is 0 Å². The number of hydrogen-bond donors (Lipinski definition) is 2. The van der Waals surface area contributed by atoms with Crippen LogP contribution in [0.1, 0.15) is 37.9 Å². The molecule has 23 heavy (non-hydrogen) atoms. The van der Waals surface area contributed by atoms with E-state index >= 15 is 0 Å². The predicted molar refractivity (Wildman–Crippen MR) is 96.9 cm³/mol. The first-order chi connectivity index (χ1) is 11.0. The van der Waals surface area contributed by atoms with Crippen LogP contribution < -0.4 is 10.6 Å². The molecule has 0 heterocycles. The van der Waals surface area contributed by atoms with Gasteiger partial charge in [0.05, 0.1) is 6.04 Å².